The predicted octanol–water partition coefficient (Wildman–Crippen LogP) is 3.51. The van der Waals surface area contributed by atoms with E-state index in [1.54, 1.807) is 19.2 Å². The van der Waals surface area contributed by atoms with E-state index in [4.69, 9.17) is 0 Å². The normalized spacial score (nSPS) is 10.5. The van der Waals surface area contributed by atoms with E-state index in [2.05, 4.69) is 9.97 Å². The lowest BCUT2D eigenvalue weighted by atomic mass is 10.1. The summed E-state index contributed by atoms with van der Waals surface area (Å²) in [4.78, 5) is 8.69. The second-order valence-corrected chi connectivity index (χ2v) is 5.19. The summed E-state index contributed by atoms with van der Waals surface area (Å²) in [5.74, 6) is 1.71. The van der Waals surface area contributed by atoms with Gasteiger partial charge in [0.1, 0.15) is 17.5 Å². The quantitative estimate of drug-likeness (QED) is 0.740. The lowest BCUT2D eigenvalue weighted by Gasteiger charge is -2.08. The van der Waals surface area contributed by atoms with E-state index in [1.807, 2.05) is 41.6 Å². The van der Waals surface area contributed by atoms with Gasteiger partial charge in [-0.15, -0.1) is 12.4 Å². The summed E-state index contributed by atoms with van der Waals surface area (Å²) in [7, 11) is 1.97. The minimum Gasteiger partial charge on any atom is -0.330 e. The van der Waals surface area contributed by atoms with Crippen LogP contribution in [0.4, 0.5) is 4.39 Å². The molecule has 1 aromatic carbocycles. The molecule has 0 amide bonds. The standard InChI is InChI=1S/C16H17FN4.ClH/c1-11-8-13(4-5-14(11)17)15-9-19-16(20(15)3)10-21-7-6-18-12(21)2;/h4-9H,10H2,1-3H3;1H. The fraction of sp³-hybridized carbons (Fsp3) is 0.250. The number of halogens is 2. The van der Waals surface area contributed by atoms with Crippen LogP contribution in [0.1, 0.15) is 17.2 Å². The molecule has 2 heterocycles. The Labute approximate surface area is 135 Å². The molecule has 0 saturated carbocycles. The highest BCUT2D eigenvalue weighted by atomic mass is 35.5. The van der Waals surface area contributed by atoms with Crippen molar-refractivity contribution in [3.05, 3.63) is 59.8 Å². The maximum absolute atomic E-state index is 13.4. The van der Waals surface area contributed by atoms with Crippen molar-refractivity contribution in [2.45, 2.75) is 20.4 Å². The molecule has 0 saturated heterocycles. The fourth-order valence-corrected chi connectivity index (χ4v) is 2.39. The van der Waals surface area contributed by atoms with Crippen molar-refractivity contribution >= 4 is 12.4 Å². The zero-order valence-electron chi connectivity index (χ0n) is 12.7. The van der Waals surface area contributed by atoms with Crippen LogP contribution < -0.4 is 0 Å². The molecule has 0 fully saturated rings. The van der Waals surface area contributed by atoms with E-state index in [1.165, 1.54) is 6.07 Å². The topological polar surface area (TPSA) is 35.6 Å². The molecule has 0 spiro atoms. The third-order valence-electron chi connectivity index (χ3n) is 3.77. The van der Waals surface area contributed by atoms with Gasteiger partial charge in [0.25, 0.3) is 0 Å². The van der Waals surface area contributed by atoms with Crippen LogP contribution in [0.3, 0.4) is 0 Å². The molecule has 0 N–H and O–H groups in total. The summed E-state index contributed by atoms with van der Waals surface area (Å²) in [5.41, 5.74) is 2.59. The van der Waals surface area contributed by atoms with Crippen LogP contribution in [0.2, 0.25) is 0 Å². The Hall–Kier alpha value is -2.14. The Morgan fingerprint density at radius 2 is 1.95 bits per heavy atom. The Balaban J connectivity index is 0.00000176. The molecule has 0 aliphatic heterocycles. The van der Waals surface area contributed by atoms with Gasteiger partial charge in [-0.05, 0) is 37.6 Å². The molecule has 4 nitrogen and oxygen atoms in total. The number of aryl methyl sites for hydroxylation is 2. The van der Waals surface area contributed by atoms with E-state index < -0.39 is 0 Å². The summed E-state index contributed by atoms with van der Waals surface area (Å²) in [6.07, 6.45) is 5.54. The van der Waals surface area contributed by atoms with Crippen LogP contribution in [0.25, 0.3) is 11.3 Å². The first-order valence-electron chi connectivity index (χ1n) is 6.81. The Morgan fingerprint density at radius 3 is 2.59 bits per heavy atom. The zero-order valence-corrected chi connectivity index (χ0v) is 13.6. The van der Waals surface area contributed by atoms with E-state index in [0.717, 1.165) is 22.9 Å². The minimum atomic E-state index is -0.185. The molecule has 0 unspecified atom stereocenters. The largest absolute Gasteiger partial charge is 0.330 e. The number of rotatable bonds is 3. The molecule has 22 heavy (non-hydrogen) atoms. The van der Waals surface area contributed by atoms with Gasteiger partial charge in [-0.2, -0.15) is 0 Å². The molecule has 116 valence electrons. The lowest BCUT2D eigenvalue weighted by Crippen LogP contribution is -2.07. The summed E-state index contributed by atoms with van der Waals surface area (Å²) < 4.78 is 17.5. The average molecular weight is 321 g/mol. The van der Waals surface area contributed by atoms with E-state index in [0.29, 0.717) is 12.1 Å². The molecule has 0 aliphatic carbocycles. The lowest BCUT2D eigenvalue weighted by molar-refractivity contribution is 0.618. The van der Waals surface area contributed by atoms with Gasteiger partial charge in [0, 0.05) is 25.0 Å². The molecule has 0 aliphatic rings. The molecule has 2 aromatic heterocycles. The van der Waals surface area contributed by atoms with Gasteiger partial charge in [-0.3, -0.25) is 0 Å². The maximum Gasteiger partial charge on any atom is 0.128 e. The fourth-order valence-electron chi connectivity index (χ4n) is 2.39. The number of hydrogen-bond donors (Lipinski definition) is 0. The zero-order chi connectivity index (χ0) is 15.0. The van der Waals surface area contributed by atoms with Gasteiger partial charge < -0.3 is 9.13 Å². The second-order valence-electron chi connectivity index (χ2n) is 5.19. The predicted molar refractivity (Wildman–Crippen MR) is 86.7 cm³/mol. The number of nitrogens with zero attached hydrogens (tertiary/aromatic N) is 4. The number of hydrogen-bond acceptors (Lipinski definition) is 2. The van der Waals surface area contributed by atoms with Crippen molar-refractivity contribution in [3.8, 4) is 11.3 Å². The molecular formula is C16H18ClFN4. The summed E-state index contributed by atoms with van der Waals surface area (Å²) in [6, 6.07) is 5.13. The summed E-state index contributed by atoms with van der Waals surface area (Å²) >= 11 is 0. The van der Waals surface area contributed by atoms with Gasteiger partial charge in [-0.1, -0.05) is 0 Å². The molecule has 6 heteroatoms. The van der Waals surface area contributed by atoms with Crippen molar-refractivity contribution < 1.29 is 4.39 Å². The third kappa shape index (κ3) is 2.90. The molecular weight excluding hydrogens is 303 g/mol. The first-order chi connectivity index (χ1) is 10.1. The van der Waals surface area contributed by atoms with Crippen molar-refractivity contribution in [2.24, 2.45) is 7.05 Å². The first-order valence-corrected chi connectivity index (χ1v) is 6.81. The van der Waals surface area contributed by atoms with Crippen LogP contribution in [-0.4, -0.2) is 19.1 Å². The SMILES string of the molecule is Cc1cc(-c2cnc(Cn3ccnc3C)n2C)ccc1F.Cl. The van der Waals surface area contributed by atoms with Gasteiger partial charge in [0.05, 0.1) is 18.4 Å². The van der Waals surface area contributed by atoms with Crippen LogP contribution in [0.15, 0.2) is 36.8 Å². The van der Waals surface area contributed by atoms with Crippen molar-refractivity contribution in [1.82, 2.24) is 19.1 Å². The Morgan fingerprint density at radius 1 is 1.18 bits per heavy atom. The van der Waals surface area contributed by atoms with Gasteiger partial charge in [0.2, 0.25) is 0 Å². The third-order valence-corrected chi connectivity index (χ3v) is 3.77. The smallest absolute Gasteiger partial charge is 0.128 e. The monoisotopic (exact) mass is 320 g/mol. The molecule has 0 atom stereocenters. The number of imidazole rings is 2. The van der Waals surface area contributed by atoms with E-state index >= 15 is 0 Å². The van der Waals surface area contributed by atoms with E-state index in [9.17, 15) is 4.39 Å². The molecule has 3 rings (SSSR count). The van der Waals surface area contributed by atoms with E-state index in [-0.39, 0.29) is 18.2 Å². The highest BCUT2D eigenvalue weighted by molar-refractivity contribution is 5.85. The van der Waals surface area contributed by atoms with Crippen LogP contribution >= 0.6 is 12.4 Å². The summed E-state index contributed by atoms with van der Waals surface area (Å²) in [5, 5.41) is 0. The molecule has 3 aromatic rings. The van der Waals surface area contributed by atoms with Crippen LogP contribution in [0.5, 0.6) is 0 Å². The van der Waals surface area contributed by atoms with Crippen molar-refractivity contribution in [3.63, 3.8) is 0 Å². The number of aromatic nitrogens is 4. The molecule has 0 bridgehead atoms. The maximum atomic E-state index is 13.4. The highest BCUT2D eigenvalue weighted by Gasteiger charge is 2.11. The van der Waals surface area contributed by atoms with Crippen molar-refractivity contribution in [2.75, 3.05) is 0 Å². The van der Waals surface area contributed by atoms with Gasteiger partial charge >= 0.3 is 0 Å². The summed E-state index contributed by atoms with van der Waals surface area (Å²) in [6.45, 7) is 4.40. The Bertz CT molecular complexity index is 791. The highest BCUT2D eigenvalue weighted by Crippen LogP contribution is 2.22. The first kappa shape index (κ1) is 16.2. The van der Waals surface area contributed by atoms with Gasteiger partial charge in [-0.25, -0.2) is 14.4 Å². The number of benzene rings is 1. The second kappa shape index (κ2) is 6.32. The van der Waals surface area contributed by atoms with Crippen LogP contribution in [0, 0.1) is 19.7 Å². The molecule has 0 radical (unpaired) electrons. The van der Waals surface area contributed by atoms with Gasteiger partial charge in [0.15, 0.2) is 0 Å². The minimum absolute atomic E-state index is 0. The van der Waals surface area contributed by atoms with Crippen molar-refractivity contribution in [1.29, 1.82) is 0 Å². The Kier molecular flexibility index (Phi) is 4.66. The van der Waals surface area contributed by atoms with Crippen LogP contribution in [-0.2, 0) is 13.6 Å². The average Bonchev–Trinajstić information content (AvgIpc) is 3.02.